The van der Waals surface area contributed by atoms with E-state index in [0.29, 0.717) is 13.1 Å². The second-order valence-electron chi connectivity index (χ2n) is 2.56. The van der Waals surface area contributed by atoms with Crippen LogP contribution in [0.1, 0.15) is 12.7 Å². The van der Waals surface area contributed by atoms with Gasteiger partial charge in [-0.15, -0.1) is 0 Å². The summed E-state index contributed by atoms with van der Waals surface area (Å²) in [6.45, 7) is 3.02. The minimum Gasteiger partial charge on any atom is -0.468 e. The average molecular weight is 155 g/mol. The molecule has 1 aromatic rings. The maximum absolute atomic E-state index is 8.89. The molecular formula is C8H13NO2. The van der Waals surface area contributed by atoms with Gasteiger partial charge in [-0.2, -0.15) is 0 Å². The molecule has 3 nitrogen and oxygen atoms in total. The lowest BCUT2D eigenvalue weighted by molar-refractivity contribution is 0.190. The minimum atomic E-state index is -0.301. The first-order chi connectivity index (χ1) is 5.29. The average Bonchev–Trinajstić information content (AvgIpc) is 2.39. The number of aliphatic hydroxyl groups is 1. The van der Waals surface area contributed by atoms with Crippen LogP contribution in [-0.2, 0) is 6.54 Å². The van der Waals surface area contributed by atoms with Crippen LogP contribution in [0.4, 0.5) is 0 Å². The van der Waals surface area contributed by atoms with Gasteiger partial charge in [-0.05, 0) is 19.1 Å². The van der Waals surface area contributed by atoms with Crippen molar-refractivity contribution < 1.29 is 9.52 Å². The van der Waals surface area contributed by atoms with Gasteiger partial charge in [0.05, 0.1) is 18.9 Å². The molecule has 3 heteroatoms. The Morgan fingerprint density at radius 2 is 2.55 bits per heavy atom. The highest BCUT2D eigenvalue weighted by molar-refractivity contribution is 4.97. The number of furan rings is 1. The van der Waals surface area contributed by atoms with Crippen molar-refractivity contribution in [1.29, 1.82) is 0 Å². The normalized spacial score (nSPS) is 13.3. The van der Waals surface area contributed by atoms with Gasteiger partial charge in [-0.25, -0.2) is 0 Å². The monoisotopic (exact) mass is 155 g/mol. The molecule has 0 amide bonds. The second-order valence-corrected chi connectivity index (χ2v) is 2.56. The van der Waals surface area contributed by atoms with Crippen molar-refractivity contribution in [3.05, 3.63) is 24.2 Å². The fourth-order valence-electron chi connectivity index (χ4n) is 0.817. The Labute approximate surface area is 66.0 Å². The highest BCUT2D eigenvalue weighted by Gasteiger charge is 1.96. The van der Waals surface area contributed by atoms with E-state index in [-0.39, 0.29) is 6.10 Å². The lowest BCUT2D eigenvalue weighted by Crippen LogP contribution is -2.23. The van der Waals surface area contributed by atoms with Gasteiger partial charge >= 0.3 is 0 Å². The molecular weight excluding hydrogens is 142 g/mol. The van der Waals surface area contributed by atoms with E-state index in [1.807, 2.05) is 12.1 Å². The fourth-order valence-corrected chi connectivity index (χ4v) is 0.817. The third-order valence-electron chi connectivity index (χ3n) is 1.32. The predicted molar refractivity (Wildman–Crippen MR) is 42.1 cm³/mol. The quantitative estimate of drug-likeness (QED) is 0.674. The van der Waals surface area contributed by atoms with Gasteiger partial charge < -0.3 is 14.8 Å². The van der Waals surface area contributed by atoms with Gasteiger partial charge in [-0.3, -0.25) is 0 Å². The van der Waals surface area contributed by atoms with Crippen LogP contribution in [0.2, 0.25) is 0 Å². The minimum absolute atomic E-state index is 0.301. The van der Waals surface area contributed by atoms with E-state index in [4.69, 9.17) is 9.52 Å². The molecule has 11 heavy (non-hydrogen) atoms. The molecule has 0 spiro atoms. The summed E-state index contributed by atoms with van der Waals surface area (Å²) in [5.41, 5.74) is 0. The van der Waals surface area contributed by atoms with Crippen LogP contribution in [0.25, 0.3) is 0 Å². The van der Waals surface area contributed by atoms with Crippen LogP contribution in [-0.4, -0.2) is 17.8 Å². The molecule has 0 aliphatic heterocycles. The van der Waals surface area contributed by atoms with Crippen molar-refractivity contribution in [2.24, 2.45) is 0 Å². The summed E-state index contributed by atoms with van der Waals surface area (Å²) in [4.78, 5) is 0. The molecule has 62 valence electrons. The molecule has 0 aliphatic carbocycles. The molecule has 0 aliphatic rings. The van der Waals surface area contributed by atoms with Gasteiger partial charge in [-0.1, -0.05) is 0 Å². The first-order valence-corrected chi connectivity index (χ1v) is 3.70. The lowest BCUT2D eigenvalue weighted by atomic mass is 10.4. The van der Waals surface area contributed by atoms with Crippen LogP contribution in [0.15, 0.2) is 22.8 Å². The number of rotatable bonds is 4. The van der Waals surface area contributed by atoms with E-state index in [2.05, 4.69) is 5.32 Å². The fraction of sp³-hybridized carbons (Fsp3) is 0.500. The first kappa shape index (κ1) is 8.30. The molecule has 1 atom stereocenters. The Morgan fingerprint density at radius 3 is 3.09 bits per heavy atom. The Hall–Kier alpha value is -0.800. The van der Waals surface area contributed by atoms with E-state index in [1.54, 1.807) is 13.2 Å². The Balaban J connectivity index is 2.14. The van der Waals surface area contributed by atoms with Crippen LogP contribution in [0, 0.1) is 0 Å². The zero-order valence-electron chi connectivity index (χ0n) is 6.58. The van der Waals surface area contributed by atoms with Gasteiger partial charge in [0, 0.05) is 6.54 Å². The van der Waals surface area contributed by atoms with Crippen molar-refractivity contribution >= 4 is 0 Å². The zero-order chi connectivity index (χ0) is 8.10. The smallest absolute Gasteiger partial charge is 0.117 e. The molecule has 0 fully saturated rings. The lowest BCUT2D eigenvalue weighted by Gasteiger charge is -2.03. The van der Waals surface area contributed by atoms with Crippen molar-refractivity contribution in [2.75, 3.05) is 6.54 Å². The summed E-state index contributed by atoms with van der Waals surface area (Å²) < 4.78 is 5.07. The van der Waals surface area contributed by atoms with Crippen molar-refractivity contribution in [3.8, 4) is 0 Å². The van der Waals surface area contributed by atoms with E-state index in [1.165, 1.54) is 0 Å². The molecule has 1 aromatic heterocycles. The van der Waals surface area contributed by atoms with Crippen molar-refractivity contribution in [1.82, 2.24) is 5.32 Å². The van der Waals surface area contributed by atoms with Crippen LogP contribution in [0.5, 0.6) is 0 Å². The molecule has 0 bridgehead atoms. The molecule has 1 rings (SSSR count). The topological polar surface area (TPSA) is 45.4 Å². The van der Waals surface area contributed by atoms with Crippen molar-refractivity contribution in [3.63, 3.8) is 0 Å². The SMILES string of the molecule is C[C@H](O)CNCc1ccco1. The summed E-state index contributed by atoms with van der Waals surface area (Å²) in [6, 6.07) is 3.74. The van der Waals surface area contributed by atoms with Gasteiger partial charge in [0.1, 0.15) is 5.76 Å². The number of nitrogens with one attached hydrogen (secondary N) is 1. The summed E-state index contributed by atoms with van der Waals surface area (Å²) in [6.07, 6.45) is 1.34. The second kappa shape index (κ2) is 4.16. The molecule has 0 saturated carbocycles. The third kappa shape index (κ3) is 3.20. The summed E-state index contributed by atoms with van der Waals surface area (Å²) in [7, 11) is 0. The highest BCUT2D eigenvalue weighted by atomic mass is 16.3. The largest absolute Gasteiger partial charge is 0.468 e. The van der Waals surface area contributed by atoms with Crippen LogP contribution < -0.4 is 5.32 Å². The van der Waals surface area contributed by atoms with Crippen LogP contribution >= 0.6 is 0 Å². The Kier molecular flexibility index (Phi) is 3.14. The summed E-state index contributed by atoms with van der Waals surface area (Å²) in [5.74, 6) is 0.894. The molecule has 0 unspecified atom stereocenters. The number of hydrogen-bond donors (Lipinski definition) is 2. The predicted octanol–water partition coefficient (Wildman–Crippen LogP) is 0.750. The van der Waals surface area contributed by atoms with E-state index in [9.17, 15) is 0 Å². The third-order valence-corrected chi connectivity index (χ3v) is 1.32. The van der Waals surface area contributed by atoms with E-state index >= 15 is 0 Å². The summed E-state index contributed by atoms with van der Waals surface area (Å²) >= 11 is 0. The first-order valence-electron chi connectivity index (χ1n) is 3.70. The van der Waals surface area contributed by atoms with Crippen molar-refractivity contribution in [2.45, 2.75) is 19.6 Å². The van der Waals surface area contributed by atoms with Gasteiger partial charge in [0.25, 0.3) is 0 Å². The summed E-state index contributed by atoms with van der Waals surface area (Å²) in [5, 5.41) is 11.9. The highest BCUT2D eigenvalue weighted by Crippen LogP contribution is 1.97. The van der Waals surface area contributed by atoms with Gasteiger partial charge in [0.2, 0.25) is 0 Å². The Morgan fingerprint density at radius 1 is 1.73 bits per heavy atom. The molecule has 0 saturated heterocycles. The molecule has 0 aromatic carbocycles. The Bertz CT molecular complexity index is 182. The zero-order valence-corrected chi connectivity index (χ0v) is 6.58. The molecule has 0 radical (unpaired) electrons. The molecule has 2 N–H and O–H groups in total. The maximum atomic E-state index is 8.89. The van der Waals surface area contributed by atoms with Gasteiger partial charge in [0.15, 0.2) is 0 Å². The van der Waals surface area contributed by atoms with Crippen LogP contribution in [0.3, 0.4) is 0 Å². The maximum Gasteiger partial charge on any atom is 0.117 e. The standard InChI is InChI=1S/C8H13NO2/c1-7(10)5-9-6-8-3-2-4-11-8/h2-4,7,9-10H,5-6H2,1H3/t7-/m0/s1. The number of aliphatic hydroxyl groups excluding tert-OH is 1. The van der Waals surface area contributed by atoms with E-state index < -0.39 is 0 Å². The molecule has 1 heterocycles. The van der Waals surface area contributed by atoms with E-state index in [0.717, 1.165) is 5.76 Å². The number of hydrogen-bond acceptors (Lipinski definition) is 3.